The van der Waals surface area contributed by atoms with Crippen LogP contribution >= 0.6 is 24.0 Å². The summed E-state index contributed by atoms with van der Waals surface area (Å²) in [6, 6.07) is 9.59. The van der Waals surface area contributed by atoms with E-state index >= 15 is 0 Å². The van der Waals surface area contributed by atoms with Crippen LogP contribution in [-0.4, -0.2) is 20.1 Å². The molecule has 1 saturated heterocycles. The molecule has 1 aliphatic rings. The molecule has 0 radical (unpaired) electrons. The molecule has 1 heterocycles. The first kappa shape index (κ1) is 18.5. The van der Waals surface area contributed by atoms with Crippen molar-refractivity contribution in [1.82, 2.24) is 5.32 Å². The molecule has 11 heteroatoms. The fourth-order valence-corrected chi connectivity index (χ4v) is 3.22. The van der Waals surface area contributed by atoms with E-state index in [0.29, 0.717) is 20.5 Å². The summed E-state index contributed by atoms with van der Waals surface area (Å²) in [5.41, 5.74) is -0.202. The number of non-ortho nitro benzene ring substituents is 1. The monoisotopic (exact) mass is 403 g/mol. The van der Waals surface area contributed by atoms with E-state index in [9.17, 15) is 25.0 Å². The molecule has 2 aromatic carbocycles. The van der Waals surface area contributed by atoms with Gasteiger partial charge in [0.25, 0.3) is 11.6 Å². The van der Waals surface area contributed by atoms with Crippen molar-refractivity contribution >= 4 is 51.7 Å². The molecular weight excluding hydrogens is 394 g/mol. The summed E-state index contributed by atoms with van der Waals surface area (Å²) in [5, 5.41) is 24.4. The molecule has 3 rings (SSSR count). The second-order valence-corrected chi connectivity index (χ2v) is 6.91. The van der Waals surface area contributed by atoms with Crippen LogP contribution in [0, 0.1) is 20.2 Å². The van der Waals surface area contributed by atoms with Crippen molar-refractivity contribution < 1.29 is 19.4 Å². The highest BCUT2D eigenvalue weighted by atomic mass is 32.2. The summed E-state index contributed by atoms with van der Waals surface area (Å²) in [4.78, 5) is 32.5. The second-order valence-electron chi connectivity index (χ2n) is 5.19. The number of thiocarbonyl (C=S) groups is 1. The lowest BCUT2D eigenvalue weighted by molar-refractivity contribution is -0.394. The minimum absolute atomic E-state index is 0.118. The van der Waals surface area contributed by atoms with Crippen LogP contribution in [-0.2, 0) is 4.79 Å². The van der Waals surface area contributed by atoms with E-state index in [-0.39, 0.29) is 11.7 Å². The molecule has 27 heavy (non-hydrogen) atoms. The molecule has 0 aromatic heterocycles. The van der Waals surface area contributed by atoms with Gasteiger partial charge < -0.3 is 10.1 Å². The summed E-state index contributed by atoms with van der Waals surface area (Å²) in [5.74, 6) is -0.0900. The van der Waals surface area contributed by atoms with Gasteiger partial charge in [-0.3, -0.25) is 25.0 Å². The van der Waals surface area contributed by atoms with E-state index < -0.39 is 21.2 Å². The van der Waals surface area contributed by atoms with E-state index in [0.717, 1.165) is 23.9 Å². The molecule has 9 nitrogen and oxygen atoms in total. The Kier molecular flexibility index (Phi) is 5.14. The van der Waals surface area contributed by atoms with Gasteiger partial charge in [0.15, 0.2) is 0 Å². The highest BCUT2D eigenvalue weighted by Gasteiger charge is 2.22. The largest absolute Gasteiger partial charge is 0.450 e. The Morgan fingerprint density at radius 1 is 1.07 bits per heavy atom. The Morgan fingerprint density at radius 3 is 2.33 bits per heavy atom. The number of thioether (sulfide) groups is 1. The van der Waals surface area contributed by atoms with E-state index in [1.165, 1.54) is 6.07 Å². The number of nitrogens with one attached hydrogen (secondary N) is 1. The smallest absolute Gasteiger partial charge is 0.318 e. The zero-order chi connectivity index (χ0) is 19.6. The lowest BCUT2D eigenvalue weighted by atomic mass is 10.2. The van der Waals surface area contributed by atoms with Crippen LogP contribution in [0.5, 0.6) is 11.5 Å². The summed E-state index contributed by atoms with van der Waals surface area (Å²) in [6.07, 6.45) is 1.65. The van der Waals surface area contributed by atoms with Crippen LogP contribution in [0.25, 0.3) is 6.08 Å². The van der Waals surface area contributed by atoms with Crippen molar-refractivity contribution in [3.05, 3.63) is 73.2 Å². The van der Waals surface area contributed by atoms with Gasteiger partial charge in [0, 0.05) is 6.07 Å². The van der Waals surface area contributed by atoms with Crippen LogP contribution in [0.1, 0.15) is 5.56 Å². The minimum atomic E-state index is -0.750. The number of nitro benzene ring substituents is 2. The average molecular weight is 403 g/mol. The molecule has 0 saturated carbocycles. The molecule has 0 bridgehead atoms. The Hall–Kier alpha value is -3.31. The van der Waals surface area contributed by atoms with Crippen LogP contribution in [0.4, 0.5) is 11.4 Å². The lowest BCUT2D eigenvalue weighted by Crippen LogP contribution is -2.17. The van der Waals surface area contributed by atoms with Crippen molar-refractivity contribution in [2.75, 3.05) is 0 Å². The number of ether oxygens (including phenoxy) is 1. The molecule has 1 amide bonds. The number of carbonyl (C=O) groups is 1. The second kappa shape index (κ2) is 7.51. The van der Waals surface area contributed by atoms with Crippen molar-refractivity contribution in [3.8, 4) is 11.5 Å². The van der Waals surface area contributed by atoms with Gasteiger partial charge in [-0.1, -0.05) is 36.1 Å². The number of nitrogens with zero attached hydrogens (tertiary/aromatic N) is 2. The Labute approximate surface area is 161 Å². The Balaban J connectivity index is 1.82. The first-order valence-electron chi connectivity index (χ1n) is 7.29. The highest BCUT2D eigenvalue weighted by Crippen LogP contribution is 2.34. The minimum Gasteiger partial charge on any atom is -0.450 e. The number of rotatable bonds is 5. The van der Waals surface area contributed by atoms with Gasteiger partial charge in [0.1, 0.15) is 10.1 Å². The summed E-state index contributed by atoms with van der Waals surface area (Å²) >= 11 is 6.07. The first-order valence-corrected chi connectivity index (χ1v) is 8.51. The molecule has 2 aromatic rings. The van der Waals surface area contributed by atoms with Gasteiger partial charge in [-0.2, -0.15) is 0 Å². The standard InChI is InChI=1S/C16H9N3O6S2/c20-15-14(27-16(26)17-15)7-9-1-4-11(5-2-9)25-13-6-3-10(18(21)22)8-12(13)19(23)24/h1-8H,(H,17,20,26). The molecule has 0 aliphatic carbocycles. The van der Waals surface area contributed by atoms with Crippen LogP contribution in [0.15, 0.2) is 47.4 Å². The number of carbonyl (C=O) groups excluding carboxylic acids is 1. The lowest BCUT2D eigenvalue weighted by Gasteiger charge is -2.06. The van der Waals surface area contributed by atoms with E-state index in [2.05, 4.69) is 5.32 Å². The molecule has 0 unspecified atom stereocenters. The summed E-state index contributed by atoms with van der Waals surface area (Å²) < 4.78 is 5.86. The topological polar surface area (TPSA) is 125 Å². The fourth-order valence-electron chi connectivity index (χ4n) is 2.18. The average Bonchev–Trinajstić information content (AvgIpc) is 2.93. The normalized spacial score (nSPS) is 14.9. The van der Waals surface area contributed by atoms with Gasteiger partial charge in [-0.15, -0.1) is 0 Å². The fraction of sp³-hybridized carbons (Fsp3) is 0. The zero-order valence-electron chi connectivity index (χ0n) is 13.3. The summed E-state index contributed by atoms with van der Waals surface area (Å²) in [7, 11) is 0. The maximum atomic E-state index is 11.6. The SMILES string of the molecule is O=C1NC(=S)SC1=Cc1ccc(Oc2ccc([N+](=O)[O-])cc2[N+](=O)[O-])cc1. The van der Waals surface area contributed by atoms with E-state index in [1.54, 1.807) is 30.3 Å². The number of nitro groups is 2. The van der Waals surface area contributed by atoms with Crippen LogP contribution < -0.4 is 10.1 Å². The zero-order valence-corrected chi connectivity index (χ0v) is 14.9. The van der Waals surface area contributed by atoms with Gasteiger partial charge in [-0.25, -0.2) is 0 Å². The molecule has 1 N–H and O–H groups in total. The predicted molar refractivity (Wildman–Crippen MR) is 103 cm³/mol. The maximum absolute atomic E-state index is 11.6. The van der Waals surface area contributed by atoms with Crippen molar-refractivity contribution in [3.63, 3.8) is 0 Å². The van der Waals surface area contributed by atoms with Crippen molar-refractivity contribution in [1.29, 1.82) is 0 Å². The van der Waals surface area contributed by atoms with Crippen molar-refractivity contribution in [2.24, 2.45) is 0 Å². The van der Waals surface area contributed by atoms with Crippen LogP contribution in [0.2, 0.25) is 0 Å². The quantitative estimate of drug-likeness (QED) is 0.346. The number of benzene rings is 2. The molecule has 1 fully saturated rings. The Morgan fingerprint density at radius 2 is 1.78 bits per heavy atom. The van der Waals surface area contributed by atoms with Gasteiger partial charge in [0.05, 0.1) is 20.8 Å². The van der Waals surface area contributed by atoms with Gasteiger partial charge in [-0.05, 0) is 29.8 Å². The number of hydrogen-bond acceptors (Lipinski definition) is 8. The number of amides is 1. The predicted octanol–water partition coefficient (Wildman–Crippen LogP) is 3.78. The molecule has 136 valence electrons. The van der Waals surface area contributed by atoms with Crippen molar-refractivity contribution in [2.45, 2.75) is 0 Å². The van der Waals surface area contributed by atoms with Gasteiger partial charge in [0.2, 0.25) is 5.75 Å². The van der Waals surface area contributed by atoms with Crippen LogP contribution in [0.3, 0.4) is 0 Å². The molecular formula is C16H9N3O6S2. The number of hydrogen-bond donors (Lipinski definition) is 1. The molecule has 0 atom stereocenters. The first-order chi connectivity index (χ1) is 12.8. The van der Waals surface area contributed by atoms with E-state index in [4.69, 9.17) is 17.0 Å². The Bertz CT molecular complexity index is 1000. The maximum Gasteiger partial charge on any atom is 0.318 e. The third-order valence-corrected chi connectivity index (χ3v) is 4.56. The molecule has 1 aliphatic heterocycles. The highest BCUT2D eigenvalue weighted by molar-refractivity contribution is 8.26. The van der Waals surface area contributed by atoms with Gasteiger partial charge >= 0.3 is 5.69 Å². The third-order valence-electron chi connectivity index (χ3n) is 3.40. The third kappa shape index (κ3) is 4.27. The summed E-state index contributed by atoms with van der Waals surface area (Å²) in [6.45, 7) is 0. The van der Waals surface area contributed by atoms with E-state index in [1.807, 2.05) is 0 Å². The molecule has 0 spiro atoms.